The monoisotopic (exact) mass is 416 g/mol. The molecule has 0 fully saturated rings. The Morgan fingerprint density at radius 2 is 1.92 bits per heavy atom. The van der Waals surface area contributed by atoms with Crippen LogP contribution in [0.25, 0.3) is 0 Å². The molecule has 0 heterocycles. The number of ether oxygens (including phenoxy) is 1. The average molecular weight is 417 g/mol. The second kappa shape index (κ2) is 10.1. The van der Waals surface area contributed by atoms with Gasteiger partial charge in [-0.25, -0.2) is 4.39 Å². The van der Waals surface area contributed by atoms with E-state index in [2.05, 4.69) is 26.6 Å². The predicted molar refractivity (Wildman–Crippen MR) is 95.4 cm³/mol. The van der Waals surface area contributed by atoms with E-state index in [-0.39, 0.29) is 18.1 Å². The van der Waals surface area contributed by atoms with E-state index in [0.29, 0.717) is 16.8 Å². The van der Waals surface area contributed by atoms with Crippen LogP contribution in [0.15, 0.2) is 22.7 Å². The van der Waals surface area contributed by atoms with Crippen molar-refractivity contribution in [3.8, 4) is 0 Å². The van der Waals surface area contributed by atoms with Crippen molar-refractivity contribution in [1.29, 1.82) is 0 Å². The number of amides is 2. The molecule has 1 aromatic carbocycles. The zero-order valence-electron chi connectivity index (χ0n) is 14.4. The molecule has 1 rings (SSSR count). The van der Waals surface area contributed by atoms with Crippen molar-refractivity contribution >= 4 is 39.4 Å². The van der Waals surface area contributed by atoms with Gasteiger partial charge in [0.1, 0.15) is 12.4 Å². The number of rotatable bonds is 8. The third kappa shape index (κ3) is 8.11. The average Bonchev–Trinajstić information content (AvgIpc) is 2.53. The molecule has 2 N–H and O–H groups in total. The lowest BCUT2D eigenvalue weighted by Gasteiger charge is -2.14. The minimum atomic E-state index is -1.12. The number of benzene rings is 1. The summed E-state index contributed by atoms with van der Waals surface area (Å²) in [7, 11) is 0. The highest BCUT2D eigenvalue weighted by molar-refractivity contribution is 9.10. The van der Waals surface area contributed by atoms with Gasteiger partial charge in [0.25, 0.3) is 5.91 Å². The first-order valence-corrected chi connectivity index (χ1v) is 8.70. The molecule has 1 unspecified atom stereocenters. The van der Waals surface area contributed by atoms with E-state index in [4.69, 9.17) is 4.74 Å². The van der Waals surface area contributed by atoms with Crippen LogP contribution in [0.1, 0.15) is 33.6 Å². The van der Waals surface area contributed by atoms with Crippen LogP contribution in [0.5, 0.6) is 0 Å². The topological polar surface area (TPSA) is 84.5 Å². The molecule has 138 valence electrons. The second-order valence-electron chi connectivity index (χ2n) is 5.95. The molecule has 0 radical (unpaired) electrons. The summed E-state index contributed by atoms with van der Waals surface area (Å²) < 4.78 is 19.1. The smallest absolute Gasteiger partial charge is 0.326 e. The van der Waals surface area contributed by atoms with E-state index >= 15 is 0 Å². The van der Waals surface area contributed by atoms with E-state index in [0.717, 1.165) is 6.42 Å². The highest BCUT2D eigenvalue weighted by Crippen LogP contribution is 2.19. The molecule has 0 saturated carbocycles. The van der Waals surface area contributed by atoms with E-state index in [1.807, 2.05) is 13.8 Å². The van der Waals surface area contributed by atoms with Gasteiger partial charge in [0.15, 0.2) is 6.10 Å². The van der Waals surface area contributed by atoms with Crippen molar-refractivity contribution in [3.05, 3.63) is 28.5 Å². The summed E-state index contributed by atoms with van der Waals surface area (Å²) in [6, 6.07) is 4.17. The van der Waals surface area contributed by atoms with Crippen molar-refractivity contribution in [2.24, 2.45) is 5.92 Å². The number of hydrogen-bond acceptors (Lipinski definition) is 4. The second-order valence-corrected chi connectivity index (χ2v) is 6.87. The van der Waals surface area contributed by atoms with Gasteiger partial charge in [-0.1, -0.05) is 29.8 Å². The summed E-state index contributed by atoms with van der Waals surface area (Å²) in [6.45, 7) is 5.04. The molecule has 0 saturated heterocycles. The van der Waals surface area contributed by atoms with Gasteiger partial charge in [0, 0.05) is 10.9 Å². The number of anilines is 1. The first kappa shape index (κ1) is 21.1. The normalized spacial score (nSPS) is 11.8. The van der Waals surface area contributed by atoms with Gasteiger partial charge in [0.05, 0.1) is 5.69 Å². The quantitative estimate of drug-likeness (QED) is 0.637. The van der Waals surface area contributed by atoms with Crippen molar-refractivity contribution in [2.45, 2.75) is 39.7 Å². The molecule has 0 aliphatic rings. The molecular formula is C17H22BrFN2O4. The van der Waals surface area contributed by atoms with E-state index in [9.17, 15) is 18.8 Å². The van der Waals surface area contributed by atoms with Gasteiger partial charge in [-0.2, -0.15) is 0 Å². The van der Waals surface area contributed by atoms with Crippen molar-refractivity contribution in [2.75, 3.05) is 11.9 Å². The SMILES string of the molecule is CC(C)CCC(=O)NCC(=O)OC(C)C(=O)Nc1ccc(Br)cc1F. The molecule has 25 heavy (non-hydrogen) atoms. The fraction of sp³-hybridized carbons (Fsp3) is 0.471. The molecule has 6 nitrogen and oxygen atoms in total. The number of nitrogens with one attached hydrogen (secondary N) is 2. The van der Waals surface area contributed by atoms with Gasteiger partial charge in [0.2, 0.25) is 5.91 Å². The molecule has 0 aliphatic heterocycles. The van der Waals surface area contributed by atoms with Crippen LogP contribution in [0.2, 0.25) is 0 Å². The highest BCUT2D eigenvalue weighted by atomic mass is 79.9. The summed E-state index contributed by atoms with van der Waals surface area (Å²) in [5.41, 5.74) is -0.0157. The Bertz CT molecular complexity index is 637. The van der Waals surface area contributed by atoms with E-state index < -0.39 is 23.8 Å². The zero-order chi connectivity index (χ0) is 19.0. The third-order valence-electron chi connectivity index (χ3n) is 3.25. The summed E-state index contributed by atoms with van der Waals surface area (Å²) >= 11 is 3.12. The fourth-order valence-electron chi connectivity index (χ4n) is 1.80. The number of hydrogen-bond donors (Lipinski definition) is 2. The van der Waals surface area contributed by atoms with Gasteiger partial charge in [-0.15, -0.1) is 0 Å². The molecule has 2 amide bonds. The Morgan fingerprint density at radius 1 is 1.24 bits per heavy atom. The molecule has 1 atom stereocenters. The lowest BCUT2D eigenvalue weighted by Crippen LogP contribution is -2.36. The van der Waals surface area contributed by atoms with E-state index in [1.165, 1.54) is 19.1 Å². The Kier molecular flexibility index (Phi) is 8.54. The minimum Gasteiger partial charge on any atom is -0.451 e. The predicted octanol–water partition coefficient (Wildman–Crippen LogP) is 3.01. The van der Waals surface area contributed by atoms with Crippen molar-refractivity contribution in [3.63, 3.8) is 0 Å². The minimum absolute atomic E-state index is 0.0157. The first-order chi connectivity index (χ1) is 11.7. The summed E-state index contributed by atoms with van der Waals surface area (Å²) in [6.07, 6.45) is -0.0782. The van der Waals surface area contributed by atoms with Gasteiger partial charge < -0.3 is 15.4 Å². The summed E-state index contributed by atoms with van der Waals surface area (Å²) in [5.74, 6) is -1.88. The van der Waals surface area contributed by atoms with Gasteiger partial charge >= 0.3 is 5.97 Å². The third-order valence-corrected chi connectivity index (χ3v) is 3.74. The Morgan fingerprint density at radius 3 is 2.52 bits per heavy atom. The summed E-state index contributed by atoms with van der Waals surface area (Å²) in [4.78, 5) is 35.1. The lowest BCUT2D eigenvalue weighted by molar-refractivity contribution is -0.152. The lowest BCUT2D eigenvalue weighted by atomic mass is 10.1. The number of esters is 1. The van der Waals surface area contributed by atoms with Crippen LogP contribution in [0, 0.1) is 11.7 Å². The molecule has 8 heteroatoms. The summed E-state index contributed by atoms with van der Waals surface area (Å²) in [5, 5.41) is 4.78. The van der Waals surface area contributed by atoms with Crippen LogP contribution in [-0.4, -0.2) is 30.4 Å². The molecule has 1 aromatic rings. The molecule has 0 aliphatic carbocycles. The van der Waals surface area contributed by atoms with Crippen LogP contribution >= 0.6 is 15.9 Å². The van der Waals surface area contributed by atoms with E-state index in [1.54, 1.807) is 6.07 Å². The van der Waals surface area contributed by atoms with Crippen molar-refractivity contribution < 1.29 is 23.5 Å². The van der Waals surface area contributed by atoms with Gasteiger partial charge in [-0.3, -0.25) is 14.4 Å². The number of halogens is 2. The zero-order valence-corrected chi connectivity index (χ0v) is 16.0. The maximum atomic E-state index is 13.7. The first-order valence-electron chi connectivity index (χ1n) is 7.91. The molecule has 0 spiro atoms. The van der Waals surface area contributed by atoms with Crippen LogP contribution in [-0.2, 0) is 19.1 Å². The Balaban J connectivity index is 2.41. The fourth-order valence-corrected chi connectivity index (χ4v) is 2.13. The van der Waals surface area contributed by atoms with Crippen LogP contribution < -0.4 is 10.6 Å². The van der Waals surface area contributed by atoms with Crippen LogP contribution in [0.4, 0.5) is 10.1 Å². The molecule has 0 aromatic heterocycles. The van der Waals surface area contributed by atoms with Gasteiger partial charge in [-0.05, 0) is 37.5 Å². The van der Waals surface area contributed by atoms with Crippen LogP contribution in [0.3, 0.4) is 0 Å². The van der Waals surface area contributed by atoms with Crippen molar-refractivity contribution in [1.82, 2.24) is 5.32 Å². The Hall–Kier alpha value is -1.96. The highest BCUT2D eigenvalue weighted by Gasteiger charge is 2.19. The molecular weight excluding hydrogens is 395 g/mol. The largest absolute Gasteiger partial charge is 0.451 e. The standard InChI is InChI=1S/C17H22BrFN2O4/c1-10(2)4-7-15(22)20-9-16(23)25-11(3)17(24)21-14-6-5-12(18)8-13(14)19/h5-6,8,10-11H,4,7,9H2,1-3H3,(H,20,22)(H,21,24). The maximum Gasteiger partial charge on any atom is 0.326 e. The Labute approximate surface area is 154 Å². The number of carbonyl (C=O) groups is 3. The molecule has 0 bridgehead atoms. The maximum absolute atomic E-state index is 13.7. The number of carbonyl (C=O) groups excluding carboxylic acids is 3.